The Kier molecular flexibility index (Phi) is 7.88. The fourth-order valence-corrected chi connectivity index (χ4v) is 5.41. The highest BCUT2D eigenvalue weighted by molar-refractivity contribution is 7.86. The van der Waals surface area contributed by atoms with Crippen molar-refractivity contribution in [2.24, 2.45) is 0 Å². The van der Waals surface area contributed by atoms with Crippen molar-refractivity contribution in [3.63, 3.8) is 0 Å². The summed E-state index contributed by atoms with van der Waals surface area (Å²) in [5.41, 5.74) is 2.04. The van der Waals surface area contributed by atoms with Gasteiger partial charge in [-0.05, 0) is 49.4 Å². The fraction of sp³-hybridized carbons (Fsp3) is 0.409. The molecule has 1 fully saturated rings. The third-order valence-electron chi connectivity index (χ3n) is 5.15. The lowest BCUT2D eigenvalue weighted by Crippen LogP contribution is -2.52. The maximum Gasteiger partial charge on any atom is 0.282 e. The molecule has 1 heterocycles. The van der Waals surface area contributed by atoms with Crippen molar-refractivity contribution in [1.29, 1.82) is 0 Å². The van der Waals surface area contributed by atoms with Gasteiger partial charge < -0.3 is 5.32 Å². The number of aryl methyl sites for hydroxylation is 1. The maximum atomic E-state index is 13.0. The first kappa shape index (κ1) is 22.7. The number of hydrogen-bond donors (Lipinski definition) is 1. The zero-order valence-corrected chi connectivity index (χ0v) is 18.7. The van der Waals surface area contributed by atoms with Crippen molar-refractivity contribution in [3.05, 3.63) is 70.7 Å². The first-order chi connectivity index (χ1) is 14.3. The number of rotatable bonds is 8. The Labute approximate surface area is 184 Å². The number of carbonyl (C=O) groups is 1. The van der Waals surface area contributed by atoms with Crippen LogP contribution in [0.25, 0.3) is 0 Å². The third-order valence-corrected chi connectivity index (χ3v) is 7.32. The number of amides is 1. The van der Waals surface area contributed by atoms with E-state index < -0.39 is 10.2 Å². The van der Waals surface area contributed by atoms with Crippen molar-refractivity contribution in [2.45, 2.75) is 38.8 Å². The zero-order valence-electron chi connectivity index (χ0n) is 17.1. The molecule has 1 amide bonds. The molecule has 6 nitrogen and oxygen atoms in total. The van der Waals surface area contributed by atoms with Gasteiger partial charge in [-0.2, -0.15) is 17.0 Å². The molecule has 2 aromatic carbocycles. The van der Waals surface area contributed by atoms with Crippen LogP contribution in [0.5, 0.6) is 0 Å². The molecule has 1 aliphatic heterocycles. The number of hydrogen-bond acceptors (Lipinski definition) is 3. The Bertz CT molecular complexity index is 953. The van der Waals surface area contributed by atoms with Gasteiger partial charge in [-0.3, -0.25) is 4.79 Å². The van der Waals surface area contributed by atoms with Gasteiger partial charge in [-0.1, -0.05) is 54.1 Å². The number of carbonyl (C=O) groups excluding carboxylic acids is 1. The number of nitrogens with one attached hydrogen (secondary N) is 1. The van der Waals surface area contributed by atoms with E-state index in [2.05, 4.69) is 17.4 Å². The van der Waals surface area contributed by atoms with E-state index in [1.54, 1.807) is 18.2 Å². The molecule has 0 radical (unpaired) electrons. The normalized spacial score (nSPS) is 18.1. The molecule has 0 saturated carbocycles. The van der Waals surface area contributed by atoms with Crippen molar-refractivity contribution in [2.75, 3.05) is 19.6 Å². The van der Waals surface area contributed by atoms with Crippen molar-refractivity contribution in [3.8, 4) is 0 Å². The molecule has 162 valence electrons. The third kappa shape index (κ3) is 6.28. The molecule has 1 N–H and O–H groups in total. The van der Waals surface area contributed by atoms with Crippen LogP contribution in [0.1, 0.15) is 30.9 Å². The molecule has 1 atom stereocenters. The molecule has 0 aliphatic carbocycles. The van der Waals surface area contributed by atoms with Gasteiger partial charge in [0, 0.05) is 30.7 Å². The van der Waals surface area contributed by atoms with Crippen molar-refractivity contribution in [1.82, 2.24) is 13.9 Å². The van der Waals surface area contributed by atoms with Crippen LogP contribution in [0, 0.1) is 0 Å². The van der Waals surface area contributed by atoms with E-state index in [0.29, 0.717) is 24.5 Å². The summed E-state index contributed by atoms with van der Waals surface area (Å²) in [5, 5.41) is 3.50. The zero-order chi connectivity index (χ0) is 21.6. The predicted octanol–water partition coefficient (Wildman–Crippen LogP) is 3.23. The minimum absolute atomic E-state index is 0.0345. The molecule has 1 aliphatic rings. The summed E-state index contributed by atoms with van der Waals surface area (Å²) >= 11 is 6.01. The standard InChI is InChI=1S/C22H28ClN3O3S/c1-18(11-12-19-7-3-2-4-8-19)24-22(27)17-26-14-6-13-25(30(26,28)29)16-20-9-5-10-21(23)15-20/h2-5,7-10,15,18H,6,11-14,16-17H2,1H3,(H,24,27). The summed E-state index contributed by atoms with van der Waals surface area (Å²) < 4.78 is 28.6. The lowest BCUT2D eigenvalue weighted by atomic mass is 10.1. The molecule has 0 aromatic heterocycles. The monoisotopic (exact) mass is 449 g/mol. The van der Waals surface area contributed by atoms with Crippen LogP contribution in [-0.2, 0) is 28.0 Å². The molecule has 0 bridgehead atoms. The van der Waals surface area contributed by atoms with Gasteiger partial charge in [0.1, 0.15) is 0 Å². The second kappa shape index (κ2) is 10.4. The van der Waals surface area contributed by atoms with Gasteiger partial charge in [-0.25, -0.2) is 0 Å². The van der Waals surface area contributed by atoms with Crippen LogP contribution in [-0.4, -0.2) is 48.6 Å². The summed E-state index contributed by atoms with van der Waals surface area (Å²) in [6.45, 7) is 2.80. The van der Waals surface area contributed by atoms with Crippen LogP contribution < -0.4 is 5.32 Å². The SMILES string of the molecule is CC(CCc1ccccc1)NC(=O)CN1CCCN(Cc2cccc(Cl)c2)S1(=O)=O. The fourth-order valence-electron chi connectivity index (χ4n) is 3.56. The van der Waals surface area contributed by atoms with E-state index in [1.165, 1.54) is 14.2 Å². The van der Waals surface area contributed by atoms with Crippen molar-refractivity contribution >= 4 is 27.7 Å². The summed E-state index contributed by atoms with van der Waals surface area (Å²) in [6.07, 6.45) is 2.33. The maximum absolute atomic E-state index is 13.0. The van der Waals surface area contributed by atoms with Gasteiger partial charge >= 0.3 is 0 Å². The molecule has 2 aromatic rings. The van der Waals surface area contributed by atoms with Crippen LogP contribution in [0.3, 0.4) is 0 Å². The average Bonchev–Trinajstić information content (AvgIpc) is 2.70. The van der Waals surface area contributed by atoms with Crippen LogP contribution in [0.2, 0.25) is 5.02 Å². The number of nitrogens with zero attached hydrogens (tertiary/aromatic N) is 2. The van der Waals surface area contributed by atoms with Gasteiger partial charge in [0.2, 0.25) is 5.91 Å². The molecule has 1 unspecified atom stereocenters. The number of halogens is 1. The minimum atomic E-state index is -3.70. The Hall–Kier alpha value is -1.93. The largest absolute Gasteiger partial charge is 0.352 e. The molecule has 0 spiro atoms. The van der Waals surface area contributed by atoms with E-state index in [0.717, 1.165) is 18.4 Å². The van der Waals surface area contributed by atoms with Crippen LogP contribution in [0.15, 0.2) is 54.6 Å². The summed E-state index contributed by atoms with van der Waals surface area (Å²) in [4.78, 5) is 12.5. The average molecular weight is 450 g/mol. The predicted molar refractivity (Wildman–Crippen MR) is 119 cm³/mol. The van der Waals surface area contributed by atoms with Gasteiger partial charge in [0.15, 0.2) is 0 Å². The topological polar surface area (TPSA) is 69.7 Å². The smallest absolute Gasteiger partial charge is 0.282 e. The lowest BCUT2D eigenvalue weighted by molar-refractivity contribution is -0.122. The Balaban J connectivity index is 1.53. The Morgan fingerprint density at radius 3 is 2.50 bits per heavy atom. The molecular formula is C22H28ClN3O3S. The van der Waals surface area contributed by atoms with E-state index in [4.69, 9.17) is 11.6 Å². The summed E-state index contributed by atoms with van der Waals surface area (Å²) in [6, 6.07) is 17.2. The van der Waals surface area contributed by atoms with E-state index >= 15 is 0 Å². The number of benzene rings is 2. The van der Waals surface area contributed by atoms with Crippen LogP contribution in [0.4, 0.5) is 0 Å². The highest BCUT2D eigenvalue weighted by atomic mass is 35.5. The van der Waals surface area contributed by atoms with E-state index in [1.807, 2.05) is 31.2 Å². The molecule has 3 rings (SSSR count). The summed E-state index contributed by atoms with van der Waals surface area (Å²) in [7, 11) is -3.70. The highest BCUT2D eigenvalue weighted by Crippen LogP contribution is 2.20. The first-order valence-electron chi connectivity index (χ1n) is 10.2. The van der Waals surface area contributed by atoms with Gasteiger partial charge in [0.25, 0.3) is 10.2 Å². The molecular weight excluding hydrogens is 422 g/mol. The van der Waals surface area contributed by atoms with E-state index in [-0.39, 0.29) is 25.0 Å². The second-order valence-electron chi connectivity index (χ2n) is 7.65. The summed E-state index contributed by atoms with van der Waals surface area (Å²) in [5.74, 6) is -0.274. The minimum Gasteiger partial charge on any atom is -0.352 e. The quantitative estimate of drug-likeness (QED) is 0.672. The Morgan fingerprint density at radius 1 is 1.07 bits per heavy atom. The van der Waals surface area contributed by atoms with Gasteiger partial charge in [0.05, 0.1) is 6.54 Å². The Morgan fingerprint density at radius 2 is 1.77 bits per heavy atom. The second-order valence-corrected chi connectivity index (χ2v) is 10.0. The van der Waals surface area contributed by atoms with Crippen LogP contribution >= 0.6 is 11.6 Å². The van der Waals surface area contributed by atoms with Gasteiger partial charge in [-0.15, -0.1) is 0 Å². The molecule has 8 heteroatoms. The first-order valence-corrected chi connectivity index (χ1v) is 11.9. The van der Waals surface area contributed by atoms with E-state index in [9.17, 15) is 13.2 Å². The highest BCUT2D eigenvalue weighted by Gasteiger charge is 2.34. The van der Waals surface area contributed by atoms with Crippen molar-refractivity contribution < 1.29 is 13.2 Å². The lowest BCUT2D eigenvalue weighted by Gasteiger charge is -2.34. The molecule has 30 heavy (non-hydrogen) atoms. The molecule has 1 saturated heterocycles.